The van der Waals surface area contributed by atoms with E-state index in [1.165, 1.54) is 22.3 Å². The molecule has 22 heavy (non-hydrogen) atoms. The molecule has 0 aliphatic carbocycles. The zero-order valence-electron chi connectivity index (χ0n) is 12.1. The SMILES string of the molecule is Cc1nnc(CSc2ccc(S(=O)(=O)N3CCCC3)cn2)o1. The summed E-state index contributed by atoms with van der Waals surface area (Å²) in [6.45, 7) is 2.92. The van der Waals surface area contributed by atoms with Gasteiger partial charge in [-0.2, -0.15) is 4.31 Å². The van der Waals surface area contributed by atoms with Crippen molar-refractivity contribution in [3.8, 4) is 0 Å². The minimum atomic E-state index is -3.40. The maximum Gasteiger partial charge on any atom is 0.244 e. The molecule has 7 nitrogen and oxygen atoms in total. The molecule has 1 saturated heterocycles. The molecule has 0 amide bonds. The van der Waals surface area contributed by atoms with E-state index in [0.29, 0.717) is 30.6 Å². The molecular weight excluding hydrogens is 324 g/mol. The van der Waals surface area contributed by atoms with Crippen LogP contribution in [0, 0.1) is 6.92 Å². The highest BCUT2D eigenvalue weighted by atomic mass is 32.2. The van der Waals surface area contributed by atoms with Crippen molar-refractivity contribution in [2.75, 3.05) is 13.1 Å². The minimum absolute atomic E-state index is 0.243. The van der Waals surface area contributed by atoms with Gasteiger partial charge in [0.25, 0.3) is 0 Å². The number of nitrogens with zero attached hydrogens (tertiary/aromatic N) is 4. The smallest absolute Gasteiger partial charge is 0.244 e. The molecule has 0 saturated carbocycles. The Morgan fingerprint density at radius 3 is 2.64 bits per heavy atom. The highest BCUT2D eigenvalue weighted by Crippen LogP contribution is 2.24. The highest BCUT2D eigenvalue weighted by molar-refractivity contribution is 7.98. The molecule has 3 heterocycles. The van der Waals surface area contributed by atoms with Crippen LogP contribution in [0.25, 0.3) is 0 Å². The zero-order chi connectivity index (χ0) is 15.6. The number of hydrogen-bond acceptors (Lipinski definition) is 7. The molecule has 2 aromatic heterocycles. The van der Waals surface area contributed by atoms with Crippen LogP contribution in [0.2, 0.25) is 0 Å². The van der Waals surface area contributed by atoms with E-state index in [1.807, 2.05) is 0 Å². The number of aromatic nitrogens is 3. The van der Waals surface area contributed by atoms with Crippen LogP contribution < -0.4 is 0 Å². The van der Waals surface area contributed by atoms with Crippen molar-refractivity contribution in [2.45, 2.75) is 35.4 Å². The molecule has 0 radical (unpaired) electrons. The molecule has 118 valence electrons. The van der Waals surface area contributed by atoms with Crippen molar-refractivity contribution < 1.29 is 12.8 Å². The maximum absolute atomic E-state index is 12.4. The average Bonchev–Trinajstić information content (AvgIpc) is 3.17. The van der Waals surface area contributed by atoms with E-state index >= 15 is 0 Å². The summed E-state index contributed by atoms with van der Waals surface area (Å²) in [7, 11) is -3.40. The standard InChI is InChI=1S/C13H16N4O3S2/c1-10-15-16-12(20-10)9-21-13-5-4-11(8-14-13)22(18,19)17-6-2-3-7-17/h4-5,8H,2-3,6-7,9H2,1H3. The van der Waals surface area contributed by atoms with E-state index in [9.17, 15) is 8.42 Å². The first-order valence-electron chi connectivity index (χ1n) is 6.94. The van der Waals surface area contributed by atoms with Crippen LogP contribution in [0.5, 0.6) is 0 Å². The van der Waals surface area contributed by atoms with Gasteiger partial charge in [-0.05, 0) is 25.0 Å². The van der Waals surface area contributed by atoms with E-state index in [-0.39, 0.29) is 4.90 Å². The number of hydrogen-bond donors (Lipinski definition) is 0. The number of pyridine rings is 1. The van der Waals surface area contributed by atoms with Gasteiger partial charge in [0.05, 0.1) is 10.8 Å². The molecule has 9 heteroatoms. The van der Waals surface area contributed by atoms with Crippen molar-refractivity contribution in [1.29, 1.82) is 0 Å². The number of sulfonamides is 1. The van der Waals surface area contributed by atoms with Crippen LogP contribution in [0.1, 0.15) is 24.6 Å². The van der Waals surface area contributed by atoms with E-state index in [2.05, 4.69) is 15.2 Å². The fourth-order valence-corrected chi connectivity index (χ4v) is 4.36. The van der Waals surface area contributed by atoms with Gasteiger partial charge in [0.2, 0.25) is 21.8 Å². The van der Waals surface area contributed by atoms with E-state index in [0.717, 1.165) is 17.9 Å². The molecule has 1 aliphatic heterocycles. The third-order valence-electron chi connectivity index (χ3n) is 3.32. The summed E-state index contributed by atoms with van der Waals surface area (Å²) < 4.78 is 31.5. The van der Waals surface area contributed by atoms with E-state index < -0.39 is 10.0 Å². The zero-order valence-corrected chi connectivity index (χ0v) is 13.7. The monoisotopic (exact) mass is 340 g/mol. The molecule has 0 atom stereocenters. The Kier molecular flexibility index (Phi) is 4.46. The highest BCUT2D eigenvalue weighted by Gasteiger charge is 2.27. The largest absolute Gasteiger partial charge is 0.425 e. The summed E-state index contributed by atoms with van der Waals surface area (Å²) in [6, 6.07) is 3.30. The van der Waals surface area contributed by atoms with Crippen molar-refractivity contribution >= 4 is 21.8 Å². The summed E-state index contributed by atoms with van der Waals surface area (Å²) in [5.74, 6) is 1.56. The fourth-order valence-electron chi connectivity index (χ4n) is 2.21. The molecule has 2 aromatic rings. The Labute approximate surface area is 133 Å². The lowest BCUT2D eigenvalue weighted by Crippen LogP contribution is -2.27. The first-order valence-corrected chi connectivity index (χ1v) is 9.36. The molecule has 0 N–H and O–H groups in total. The summed E-state index contributed by atoms with van der Waals surface area (Å²) in [6.07, 6.45) is 3.25. The lowest BCUT2D eigenvalue weighted by Gasteiger charge is -2.15. The van der Waals surface area contributed by atoms with Crippen LogP contribution in [-0.2, 0) is 15.8 Å². The number of aryl methyl sites for hydroxylation is 1. The number of thioether (sulfide) groups is 1. The van der Waals surface area contributed by atoms with Crippen molar-refractivity contribution in [3.05, 3.63) is 30.1 Å². The van der Waals surface area contributed by atoms with Gasteiger partial charge >= 0.3 is 0 Å². The summed E-state index contributed by atoms with van der Waals surface area (Å²) >= 11 is 1.42. The third kappa shape index (κ3) is 3.31. The molecule has 0 unspecified atom stereocenters. The van der Waals surface area contributed by atoms with Gasteiger partial charge in [-0.25, -0.2) is 13.4 Å². The summed E-state index contributed by atoms with van der Waals surface area (Å²) in [5, 5.41) is 8.38. The summed E-state index contributed by atoms with van der Waals surface area (Å²) in [5.41, 5.74) is 0. The van der Waals surface area contributed by atoms with Gasteiger partial charge in [-0.1, -0.05) is 11.8 Å². The van der Waals surface area contributed by atoms with E-state index in [4.69, 9.17) is 4.42 Å². The number of rotatable bonds is 5. The van der Waals surface area contributed by atoms with E-state index in [1.54, 1.807) is 19.1 Å². The maximum atomic E-state index is 12.4. The Hall–Kier alpha value is -1.45. The predicted molar refractivity (Wildman–Crippen MR) is 80.8 cm³/mol. The van der Waals surface area contributed by atoms with Gasteiger partial charge in [-0.15, -0.1) is 10.2 Å². The van der Waals surface area contributed by atoms with Gasteiger partial charge in [0.1, 0.15) is 4.90 Å². The first kappa shape index (κ1) is 15.4. The Bertz CT molecular complexity index is 737. The minimum Gasteiger partial charge on any atom is -0.425 e. The van der Waals surface area contributed by atoms with Crippen molar-refractivity contribution in [1.82, 2.24) is 19.5 Å². The quantitative estimate of drug-likeness (QED) is 0.767. The van der Waals surface area contributed by atoms with Crippen molar-refractivity contribution in [2.24, 2.45) is 0 Å². The Morgan fingerprint density at radius 2 is 2.05 bits per heavy atom. The Morgan fingerprint density at radius 1 is 1.27 bits per heavy atom. The predicted octanol–water partition coefficient (Wildman–Crippen LogP) is 1.85. The Balaban J connectivity index is 1.67. The average molecular weight is 340 g/mol. The van der Waals surface area contributed by atoms with Crippen molar-refractivity contribution in [3.63, 3.8) is 0 Å². The van der Waals surface area contributed by atoms with Gasteiger partial charge in [0, 0.05) is 26.2 Å². The normalized spacial score (nSPS) is 16.2. The van der Waals surface area contributed by atoms with Crippen LogP contribution >= 0.6 is 11.8 Å². The second-order valence-corrected chi connectivity index (χ2v) is 7.88. The third-order valence-corrected chi connectivity index (χ3v) is 6.13. The summed E-state index contributed by atoms with van der Waals surface area (Å²) in [4.78, 5) is 4.45. The fraction of sp³-hybridized carbons (Fsp3) is 0.462. The molecule has 1 aliphatic rings. The molecule has 0 spiro atoms. The molecular formula is C13H16N4O3S2. The van der Waals surface area contributed by atoms with Gasteiger partial charge in [-0.3, -0.25) is 0 Å². The lowest BCUT2D eigenvalue weighted by molar-refractivity contribution is 0.477. The molecule has 3 rings (SSSR count). The molecule has 0 bridgehead atoms. The second-order valence-electron chi connectivity index (χ2n) is 4.95. The topological polar surface area (TPSA) is 89.2 Å². The molecule has 1 fully saturated rings. The van der Waals surface area contributed by atoms with Gasteiger partial charge in [0.15, 0.2) is 0 Å². The van der Waals surface area contributed by atoms with Gasteiger partial charge < -0.3 is 4.42 Å². The lowest BCUT2D eigenvalue weighted by atomic mass is 10.4. The van der Waals surface area contributed by atoms with Crippen LogP contribution in [0.15, 0.2) is 32.7 Å². The van der Waals surface area contributed by atoms with Crippen LogP contribution in [0.4, 0.5) is 0 Å². The van der Waals surface area contributed by atoms with Crippen LogP contribution in [-0.4, -0.2) is 41.0 Å². The first-order chi connectivity index (χ1) is 10.6. The second kappa shape index (κ2) is 6.35. The van der Waals surface area contributed by atoms with Crippen LogP contribution in [0.3, 0.4) is 0 Å². The molecule has 0 aromatic carbocycles.